The first-order valence-corrected chi connectivity index (χ1v) is 9.31. The highest BCUT2D eigenvalue weighted by Gasteiger charge is 2.29. The van der Waals surface area contributed by atoms with Gasteiger partial charge in [-0.2, -0.15) is 10.1 Å². The van der Waals surface area contributed by atoms with Crippen LogP contribution in [0.4, 0.5) is 5.69 Å². The summed E-state index contributed by atoms with van der Waals surface area (Å²) in [6, 6.07) is 18.0. The number of cyclic esters (lactones) is 1. The van der Waals surface area contributed by atoms with E-state index in [1.807, 2.05) is 30.3 Å². The number of ether oxygens (including phenoxy) is 2. The zero-order valence-electron chi connectivity index (χ0n) is 16.0. The fourth-order valence-corrected chi connectivity index (χ4v) is 3.34. The van der Waals surface area contributed by atoms with E-state index in [9.17, 15) is 9.59 Å². The van der Waals surface area contributed by atoms with Crippen molar-refractivity contribution >= 4 is 29.4 Å². The van der Waals surface area contributed by atoms with Crippen molar-refractivity contribution in [2.24, 2.45) is 5.10 Å². The summed E-state index contributed by atoms with van der Waals surface area (Å²) < 4.78 is 16.2. The molecule has 7 nitrogen and oxygen atoms in total. The zero-order chi connectivity index (χ0) is 20.7. The predicted octanol–water partition coefficient (Wildman–Crippen LogP) is 4.26. The summed E-state index contributed by atoms with van der Waals surface area (Å²) in [4.78, 5) is 24.6. The highest BCUT2D eigenvalue weighted by molar-refractivity contribution is 6.32. The Labute approximate surface area is 171 Å². The second-order valence-electron chi connectivity index (χ2n) is 6.80. The molecular formula is C23H16N2O5. The third-order valence-corrected chi connectivity index (χ3v) is 4.87. The number of rotatable bonds is 3. The largest absolute Gasteiger partial charge is 0.457 e. The molecule has 0 fully saturated rings. The number of carbonyl (C=O) groups excluding carboxylic acids is 2. The fraction of sp³-hybridized carbons (Fsp3) is 0.0870. The molecule has 0 spiro atoms. The number of nitrogens with zero attached hydrogens (tertiary/aromatic N) is 2. The van der Waals surface area contributed by atoms with E-state index in [1.165, 1.54) is 5.01 Å². The standard InChI is InChI=1S/C23H16N2O5/c1-14-19(22(26)25(24-14)16-5-3-2-4-6-16)12-17-8-10-20(30-17)15-7-9-18-21(11-15)28-13-29-23(18)27/h2-12H,13H2,1H3/b19-12-. The fourth-order valence-electron chi connectivity index (χ4n) is 3.34. The quantitative estimate of drug-likeness (QED) is 0.485. The summed E-state index contributed by atoms with van der Waals surface area (Å²) >= 11 is 0. The number of anilines is 1. The van der Waals surface area contributed by atoms with Gasteiger partial charge in [-0.3, -0.25) is 4.79 Å². The van der Waals surface area contributed by atoms with Gasteiger partial charge in [0, 0.05) is 5.56 Å². The predicted molar refractivity (Wildman–Crippen MR) is 110 cm³/mol. The minimum absolute atomic E-state index is 0.108. The number of furan rings is 1. The minimum atomic E-state index is -0.412. The summed E-state index contributed by atoms with van der Waals surface area (Å²) in [5.41, 5.74) is 2.92. The molecule has 0 radical (unpaired) electrons. The number of carbonyl (C=O) groups is 2. The van der Waals surface area contributed by atoms with Gasteiger partial charge in [-0.15, -0.1) is 0 Å². The summed E-state index contributed by atoms with van der Waals surface area (Å²) in [6.07, 6.45) is 1.68. The van der Waals surface area contributed by atoms with Crippen molar-refractivity contribution in [2.45, 2.75) is 6.92 Å². The molecule has 0 unspecified atom stereocenters. The summed E-state index contributed by atoms with van der Waals surface area (Å²) in [7, 11) is 0. The van der Waals surface area contributed by atoms with Crippen molar-refractivity contribution < 1.29 is 23.5 Å². The Hall–Kier alpha value is -4.13. The molecule has 1 amide bonds. The van der Waals surface area contributed by atoms with Gasteiger partial charge in [-0.05, 0) is 49.4 Å². The molecule has 0 N–H and O–H groups in total. The van der Waals surface area contributed by atoms with E-state index < -0.39 is 5.97 Å². The summed E-state index contributed by atoms with van der Waals surface area (Å²) in [5.74, 6) is 0.943. The molecule has 30 heavy (non-hydrogen) atoms. The molecule has 0 atom stereocenters. The van der Waals surface area contributed by atoms with Crippen LogP contribution in [0.15, 0.2) is 75.8 Å². The van der Waals surface area contributed by atoms with Crippen LogP contribution in [0.2, 0.25) is 0 Å². The first kappa shape index (κ1) is 17.9. The number of hydrogen-bond acceptors (Lipinski definition) is 6. The molecule has 3 heterocycles. The van der Waals surface area contributed by atoms with Gasteiger partial charge in [-0.25, -0.2) is 4.79 Å². The Morgan fingerprint density at radius 1 is 1.00 bits per heavy atom. The molecule has 2 aromatic carbocycles. The lowest BCUT2D eigenvalue weighted by molar-refractivity contribution is -0.114. The first-order valence-electron chi connectivity index (χ1n) is 9.31. The van der Waals surface area contributed by atoms with E-state index >= 15 is 0 Å². The lowest BCUT2D eigenvalue weighted by atomic mass is 10.1. The third kappa shape index (κ3) is 3.06. The zero-order valence-corrected chi connectivity index (χ0v) is 16.0. The van der Waals surface area contributed by atoms with Crippen LogP contribution in [0.25, 0.3) is 17.4 Å². The van der Waals surface area contributed by atoms with Gasteiger partial charge in [0.2, 0.25) is 6.79 Å². The normalized spacial score (nSPS) is 16.9. The maximum atomic E-state index is 12.8. The molecule has 0 saturated carbocycles. The summed E-state index contributed by atoms with van der Waals surface area (Å²) in [5, 5.41) is 5.75. The molecule has 148 valence electrons. The number of hydrazone groups is 1. The Morgan fingerprint density at radius 2 is 1.83 bits per heavy atom. The Morgan fingerprint density at radius 3 is 2.67 bits per heavy atom. The van der Waals surface area contributed by atoms with Gasteiger partial charge in [0.05, 0.1) is 17.0 Å². The molecule has 3 aromatic rings. The Bertz CT molecular complexity index is 1220. The van der Waals surface area contributed by atoms with E-state index in [1.54, 1.807) is 43.3 Å². The molecule has 0 aliphatic carbocycles. The van der Waals surface area contributed by atoms with E-state index in [0.717, 1.165) is 5.56 Å². The molecule has 2 aliphatic rings. The van der Waals surface area contributed by atoms with Crippen LogP contribution in [0.3, 0.4) is 0 Å². The van der Waals surface area contributed by atoms with Crippen molar-refractivity contribution in [1.82, 2.24) is 0 Å². The number of hydrogen-bond donors (Lipinski definition) is 0. The van der Waals surface area contributed by atoms with Gasteiger partial charge in [0.1, 0.15) is 22.8 Å². The monoisotopic (exact) mass is 400 g/mol. The maximum absolute atomic E-state index is 12.8. The minimum Gasteiger partial charge on any atom is -0.457 e. The lowest BCUT2D eigenvalue weighted by Crippen LogP contribution is -2.21. The van der Waals surface area contributed by atoms with Crippen molar-refractivity contribution in [2.75, 3.05) is 11.8 Å². The summed E-state index contributed by atoms with van der Waals surface area (Å²) in [6.45, 7) is 1.68. The van der Waals surface area contributed by atoms with Gasteiger partial charge in [0.25, 0.3) is 5.91 Å². The lowest BCUT2D eigenvalue weighted by Gasteiger charge is -2.16. The highest BCUT2D eigenvalue weighted by Crippen LogP contribution is 2.32. The van der Waals surface area contributed by atoms with Crippen LogP contribution in [0.5, 0.6) is 5.75 Å². The first-order chi connectivity index (χ1) is 14.6. The van der Waals surface area contributed by atoms with E-state index in [-0.39, 0.29) is 12.7 Å². The average molecular weight is 400 g/mol. The number of para-hydroxylation sites is 1. The van der Waals surface area contributed by atoms with Crippen LogP contribution in [0.1, 0.15) is 23.0 Å². The number of amides is 1. The van der Waals surface area contributed by atoms with Crippen LogP contribution in [-0.4, -0.2) is 24.4 Å². The molecular weight excluding hydrogens is 384 g/mol. The van der Waals surface area contributed by atoms with Crippen molar-refractivity contribution in [3.05, 3.63) is 77.6 Å². The van der Waals surface area contributed by atoms with E-state index in [0.29, 0.717) is 39.8 Å². The van der Waals surface area contributed by atoms with Gasteiger partial charge < -0.3 is 13.9 Å². The molecule has 7 heteroatoms. The van der Waals surface area contributed by atoms with Gasteiger partial charge >= 0.3 is 5.97 Å². The van der Waals surface area contributed by atoms with Crippen molar-refractivity contribution in [1.29, 1.82) is 0 Å². The Kier molecular flexibility index (Phi) is 4.21. The topological polar surface area (TPSA) is 81.3 Å². The SMILES string of the molecule is CC1=NN(c2ccccc2)C(=O)/C1=C\c1ccc(-c2ccc3c(c2)OCOC3=O)o1. The third-order valence-electron chi connectivity index (χ3n) is 4.87. The van der Waals surface area contributed by atoms with Gasteiger partial charge in [-0.1, -0.05) is 24.3 Å². The highest BCUT2D eigenvalue weighted by atomic mass is 16.7. The van der Waals surface area contributed by atoms with Crippen LogP contribution < -0.4 is 9.75 Å². The molecule has 0 bridgehead atoms. The molecule has 1 aromatic heterocycles. The number of benzene rings is 2. The van der Waals surface area contributed by atoms with Crippen LogP contribution >= 0.6 is 0 Å². The smallest absolute Gasteiger partial charge is 0.344 e. The van der Waals surface area contributed by atoms with Crippen LogP contribution in [-0.2, 0) is 9.53 Å². The number of fused-ring (bicyclic) bond motifs is 1. The van der Waals surface area contributed by atoms with Crippen LogP contribution in [0, 0.1) is 0 Å². The average Bonchev–Trinajstić information content (AvgIpc) is 3.35. The van der Waals surface area contributed by atoms with Crippen molar-refractivity contribution in [3.8, 4) is 17.1 Å². The molecule has 5 rings (SSSR count). The molecule has 2 aliphatic heterocycles. The van der Waals surface area contributed by atoms with Crippen molar-refractivity contribution in [3.63, 3.8) is 0 Å². The second kappa shape index (κ2) is 7.04. The van der Waals surface area contributed by atoms with Gasteiger partial charge in [0.15, 0.2) is 0 Å². The van der Waals surface area contributed by atoms with E-state index in [2.05, 4.69) is 5.10 Å². The Balaban J connectivity index is 1.42. The second-order valence-corrected chi connectivity index (χ2v) is 6.80. The number of esters is 1. The van der Waals surface area contributed by atoms with E-state index in [4.69, 9.17) is 13.9 Å². The maximum Gasteiger partial charge on any atom is 0.344 e. The molecule has 0 saturated heterocycles.